The van der Waals surface area contributed by atoms with Gasteiger partial charge in [-0.3, -0.25) is 0 Å². The van der Waals surface area contributed by atoms with E-state index in [0.29, 0.717) is 6.04 Å². The van der Waals surface area contributed by atoms with Gasteiger partial charge in [-0.2, -0.15) is 0 Å². The second-order valence-corrected chi connectivity index (χ2v) is 5.42. The fraction of sp³-hybridized carbons (Fsp3) is 0.667. The molecule has 0 aliphatic rings. The molecule has 1 aromatic rings. The number of rotatable bonds is 10. The molecule has 2 nitrogen and oxygen atoms in total. The van der Waals surface area contributed by atoms with Crippen molar-refractivity contribution in [2.24, 2.45) is 0 Å². The van der Waals surface area contributed by atoms with E-state index < -0.39 is 0 Å². The number of aryl methyl sites for hydroxylation is 1. The van der Waals surface area contributed by atoms with Crippen LogP contribution in [0.2, 0.25) is 0 Å². The fourth-order valence-corrected chi connectivity index (χ4v) is 2.59. The van der Waals surface area contributed by atoms with Crippen molar-refractivity contribution in [3.8, 4) is 0 Å². The lowest BCUT2D eigenvalue weighted by Crippen LogP contribution is -2.30. The van der Waals surface area contributed by atoms with Gasteiger partial charge in [0.05, 0.1) is 0 Å². The quantitative estimate of drug-likeness (QED) is 0.694. The molecule has 0 amide bonds. The smallest absolute Gasteiger partial charge is 0.0332 e. The topological polar surface area (TPSA) is 15.3 Å². The van der Waals surface area contributed by atoms with Gasteiger partial charge in [-0.15, -0.1) is 0 Å². The average molecular weight is 276 g/mol. The van der Waals surface area contributed by atoms with E-state index >= 15 is 0 Å². The lowest BCUT2D eigenvalue weighted by atomic mass is 10.00. The number of nitrogens with zero attached hydrogens (tertiary/aromatic N) is 1. The molecule has 1 unspecified atom stereocenters. The first-order valence-electron chi connectivity index (χ1n) is 8.29. The van der Waals surface area contributed by atoms with Crippen LogP contribution in [0.25, 0.3) is 0 Å². The third-order valence-corrected chi connectivity index (χ3v) is 4.03. The van der Waals surface area contributed by atoms with E-state index in [-0.39, 0.29) is 0 Å². The molecule has 1 rings (SSSR count). The molecule has 0 spiro atoms. The molecule has 0 heterocycles. The van der Waals surface area contributed by atoms with Crippen molar-refractivity contribution >= 4 is 0 Å². The number of hydrogen-bond acceptors (Lipinski definition) is 2. The summed E-state index contributed by atoms with van der Waals surface area (Å²) >= 11 is 0. The van der Waals surface area contributed by atoms with Crippen LogP contribution in [0.15, 0.2) is 24.3 Å². The highest BCUT2D eigenvalue weighted by Crippen LogP contribution is 2.19. The van der Waals surface area contributed by atoms with Gasteiger partial charge in [0.15, 0.2) is 0 Å². The van der Waals surface area contributed by atoms with Crippen molar-refractivity contribution in [3.05, 3.63) is 35.4 Å². The molecule has 0 aliphatic carbocycles. The zero-order valence-electron chi connectivity index (χ0n) is 13.8. The first-order chi connectivity index (χ1) is 9.74. The normalized spacial score (nSPS) is 12.8. The molecule has 114 valence electrons. The van der Waals surface area contributed by atoms with Crippen LogP contribution in [0.1, 0.15) is 57.7 Å². The summed E-state index contributed by atoms with van der Waals surface area (Å²) in [4.78, 5) is 2.50. The van der Waals surface area contributed by atoms with Gasteiger partial charge in [0, 0.05) is 6.04 Å². The Hall–Kier alpha value is -0.860. The standard InChI is InChI=1S/C18H32N2/c1-5-13-19-18(12-14-20(7-3)8-4)17-11-9-10-16(6-2)15-17/h9-11,15,18-19H,5-8,12-14H2,1-4H3. The highest BCUT2D eigenvalue weighted by atomic mass is 15.1. The van der Waals surface area contributed by atoms with E-state index in [4.69, 9.17) is 0 Å². The molecule has 2 heteroatoms. The van der Waals surface area contributed by atoms with Crippen LogP contribution in [-0.2, 0) is 6.42 Å². The van der Waals surface area contributed by atoms with Crippen LogP contribution in [0.5, 0.6) is 0 Å². The third kappa shape index (κ3) is 5.64. The molecule has 0 bridgehead atoms. The van der Waals surface area contributed by atoms with Gasteiger partial charge in [-0.1, -0.05) is 52.0 Å². The number of nitrogens with one attached hydrogen (secondary N) is 1. The molecule has 0 saturated heterocycles. The third-order valence-electron chi connectivity index (χ3n) is 4.03. The number of benzene rings is 1. The second-order valence-electron chi connectivity index (χ2n) is 5.42. The van der Waals surface area contributed by atoms with Crippen molar-refractivity contribution in [1.29, 1.82) is 0 Å². The van der Waals surface area contributed by atoms with Crippen LogP contribution in [0, 0.1) is 0 Å². The Kier molecular flexibility index (Phi) is 8.56. The maximum atomic E-state index is 3.71. The van der Waals surface area contributed by atoms with Gasteiger partial charge in [0.2, 0.25) is 0 Å². The van der Waals surface area contributed by atoms with Crippen LogP contribution < -0.4 is 5.32 Å². The van der Waals surface area contributed by atoms with E-state index in [9.17, 15) is 0 Å². The Bertz CT molecular complexity index is 358. The van der Waals surface area contributed by atoms with E-state index in [1.165, 1.54) is 30.5 Å². The predicted molar refractivity (Wildman–Crippen MR) is 89.3 cm³/mol. The van der Waals surface area contributed by atoms with Gasteiger partial charge in [-0.05, 0) is 56.6 Å². The summed E-state index contributed by atoms with van der Waals surface area (Å²) < 4.78 is 0. The first-order valence-corrected chi connectivity index (χ1v) is 8.29. The van der Waals surface area contributed by atoms with Gasteiger partial charge in [-0.25, -0.2) is 0 Å². The lowest BCUT2D eigenvalue weighted by Gasteiger charge is -2.24. The summed E-state index contributed by atoms with van der Waals surface area (Å²) in [5.41, 5.74) is 2.89. The summed E-state index contributed by atoms with van der Waals surface area (Å²) in [5.74, 6) is 0. The molecule has 0 aliphatic heterocycles. The largest absolute Gasteiger partial charge is 0.310 e. The Morgan fingerprint density at radius 3 is 2.45 bits per heavy atom. The maximum absolute atomic E-state index is 3.71. The molecule has 1 aromatic carbocycles. The summed E-state index contributed by atoms with van der Waals surface area (Å²) in [6.07, 6.45) is 3.49. The molecule has 1 N–H and O–H groups in total. The first kappa shape index (κ1) is 17.2. The monoisotopic (exact) mass is 276 g/mol. The summed E-state index contributed by atoms with van der Waals surface area (Å²) in [6.45, 7) is 13.5. The summed E-state index contributed by atoms with van der Waals surface area (Å²) in [5, 5.41) is 3.71. The van der Waals surface area contributed by atoms with E-state index in [2.05, 4.69) is 62.2 Å². The highest BCUT2D eigenvalue weighted by Gasteiger charge is 2.12. The average Bonchev–Trinajstić information content (AvgIpc) is 2.51. The van der Waals surface area contributed by atoms with Gasteiger partial charge < -0.3 is 10.2 Å². The maximum Gasteiger partial charge on any atom is 0.0332 e. The zero-order valence-corrected chi connectivity index (χ0v) is 13.8. The Morgan fingerprint density at radius 1 is 1.10 bits per heavy atom. The Balaban J connectivity index is 2.71. The van der Waals surface area contributed by atoms with Crippen LogP contribution in [-0.4, -0.2) is 31.1 Å². The second kappa shape index (κ2) is 9.95. The minimum absolute atomic E-state index is 0.488. The summed E-state index contributed by atoms with van der Waals surface area (Å²) in [6, 6.07) is 9.56. The molecule has 0 saturated carbocycles. The molecule has 0 aromatic heterocycles. The zero-order chi connectivity index (χ0) is 14.8. The molecule has 1 atom stereocenters. The van der Waals surface area contributed by atoms with E-state index in [1.54, 1.807) is 0 Å². The molecule has 0 fully saturated rings. The minimum Gasteiger partial charge on any atom is -0.310 e. The summed E-state index contributed by atoms with van der Waals surface area (Å²) in [7, 11) is 0. The Morgan fingerprint density at radius 2 is 1.85 bits per heavy atom. The molecular formula is C18H32N2. The van der Waals surface area contributed by atoms with Gasteiger partial charge in [0.1, 0.15) is 0 Å². The lowest BCUT2D eigenvalue weighted by molar-refractivity contribution is 0.282. The van der Waals surface area contributed by atoms with Gasteiger partial charge >= 0.3 is 0 Å². The minimum atomic E-state index is 0.488. The van der Waals surface area contributed by atoms with E-state index in [1.807, 2.05) is 0 Å². The molecule has 20 heavy (non-hydrogen) atoms. The van der Waals surface area contributed by atoms with Crippen molar-refractivity contribution in [1.82, 2.24) is 10.2 Å². The van der Waals surface area contributed by atoms with Gasteiger partial charge in [0.25, 0.3) is 0 Å². The van der Waals surface area contributed by atoms with Crippen molar-refractivity contribution in [2.75, 3.05) is 26.2 Å². The van der Waals surface area contributed by atoms with E-state index in [0.717, 1.165) is 26.1 Å². The Labute approximate surface area is 125 Å². The van der Waals surface area contributed by atoms with Crippen LogP contribution in [0.4, 0.5) is 0 Å². The van der Waals surface area contributed by atoms with Crippen LogP contribution >= 0.6 is 0 Å². The van der Waals surface area contributed by atoms with Crippen molar-refractivity contribution in [3.63, 3.8) is 0 Å². The number of hydrogen-bond donors (Lipinski definition) is 1. The molecular weight excluding hydrogens is 244 g/mol. The van der Waals surface area contributed by atoms with Crippen molar-refractivity contribution in [2.45, 2.75) is 53.0 Å². The SMILES string of the molecule is CCCNC(CCN(CC)CC)c1cccc(CC)c1. The van der Waals surface area contributed by atoms with Crippen molar-refractivity contribution < 1.29 is 0 Å². The highest BCUT2D eigenvalue weighted by molar-refractivity contribution is 5.26. The fourth-order valence-electron chi connectivity index (χ4n) is 2.59. The van der Waals surface area contributed by atoms with Crippen LogP contribution in [0.3, 0.4) is 0 Å². The molecule has 0 radical (unpaired) electrons. The predicted octanol–water partition coefficient (Wildman–Crippen LogP) is 4.02.